The summed E-state index contributed by atoms with van der Waals surface area (Å²) in [6, 6.07) is 14.9. The van der Waals surface area contributed by atoms with Gasteiger partial charge in [-0.3, -0.25) is 4.79 Å². The molecule has 4 nitrogen and oxygen atoms in total. The lowest BCUT2D eigenvalue weighted by Gasteiger charge is -2.04. The first-order chi connectivity index (χ1) is 9.65. The fourth-order valence-electron chi connectivity index (χ4n) is 2.06. The first-order valence-corrected chi connectivity index (χ1v) is 6.34. The Morgan fingerprint density at radius 1 is 1.20 bits per heavy atom. The molecule has 0 fully saturated rings. The molecule has 0 saturated heterocycles. The van der Waals surface area contributed by atoms with Crippen LogP contribution in [0.15, 0.2) is 52.9 Å². The quantitative estimate of drug-likeness (QED) is 0.786. The van der Waals surface area contributed by atoms with E-state index in [1.165, 1.54) is 0 Å². The summed E-state index contributed by atoms with van der Waals surface area (Å²) in [6.07, 6.45) is 0. The number of benzene rings is 2. The van der Waals surface area contributed by atoms with Crippen LogP contribution in [-0.2, 0) is 4.79 Å². The Morgan fingerprint density at radius 3 is 2.65 bits per heavy atom. The van der Waals surface area contributed by atoms with E-state index in [0.29, 0.717) is 17.0 Å². The Morgan fingerprint density at radius 2 is 1.95 bits per heavy atom. The number of aliphatic carboxylic acids is 1. The van der Waals surface area contributed by atoms with Gasteiger partial charge in [0.15, 0.2) is 5.58 Å². The molecule has 100 valence electrons. The van der Waals surface area contributed by atoms with E-state index >= 15 is 0 Å². The van der Waals surface area contributed by atoms with Crippen molar-refractivity contribution in [2.45, 2.75) is 12.8 Å². The molecule has 4 heteroatoms. The molecule has 0 amide bonds. The van der Waals surface area contributed by atoms with Crippen molar-refractivity contribution in [3.63, 3.8) is 0 Å². The minimum atomic E-state index is -0.854. The fraction of sp³-hybridized carbons (Fsp3) is 0.125. The molecule has 0 aliphatic rings. The van der Waals surface area contributed by atoms with Crippen LogP contribution < -0.4 is 0 Å². The van der Waals surface area contributed by atoms with Crippen LogP contribution in [0.3, 0.4) is 0 Å². The molecule has 3 aromatic rings. The van der Waals surface area contributed by atoms with Gasteiger partial charge in [0.2, 0.25) is 5.89 Å². The van der Waals surface area contributed by atoms with Crippen LogP contribution in [0.5, 0.6) is 0 Å². The van der Waals surface area contributed by atoms with E-state index in [9.17, 15) is 4.79 Å². The third kappa shape index (κ3) is 2.16. The highest BCUT2D eigenvalue weighted by Crippen LogP contribution is 2.27. The number of carbonyl (C=O) groups is 1. The molecule has 1 atom stereocenters. The largest absolute Gasteiger partial charge is 0.481 e. The van der Waals surface area contributed by atoms with Crippen molar-refractivity contribution in [2.75, 3.05) is 0 Å². The zero-order chi connectivity index (χ0) is 14.1. The zero-order valence-corrected chi connectivity index (χ0v) is 10.9. The zero-order valence-electron chi connectivity index (χ0n) is 10.9. The molecular weight excluding hydrogens is 254 g/mol. The van der Waals surface area contributed by atoms with E-state index in [0.717, 1.165) is 11.1 Å². The van der Waals surface area contributed by atoms with E-state index in [2.05, 4.69) is 4.98 Å². The Balaban J connectivity index is 2.06. The molecular formula is C16H13NO3. The molecule has 0 bridgehead atoms. The van der Waals surface area contributed by atoms with Crippen LogP contribution in [0.1, 0.15) is 18.4 Å². The van der Waals surface area contributed by atoms with Gasteiger partial charge >= 0.3 is 5.97 Å². The minimum Gasteiger partial charge on any atom is -0.481 e. The maximum absolute atomic E-state index is 11.0. The Labute approximate surface area is 115 Å². The van der Waals surface area contributed by atoms with E-state index in [1.807, 2.05) is 30.3 Å². The summed E-state index contributed by atoms with van der Waals surface area (Å²) >= 11 is 0. The predicted octanol–water partition coefficient (Wildman–Crippen LogP) is 3.68. The van der Waals surface area contributed by atoms with Gasteiger partial charge < -0.3 is 9.52 Å². The van der Waals surface area contributed by atoms with Crippen LogP contribution in [0.4, 0.5) is 0 Å². The number of oxazole rings is 1. The molecule has 1 N–H and O–H groups in total. The summed E-state index contributed by atoms with van der Waals surface area (Å²) in [6.45, 7) is 1.65. The number of nitrogens with zero attached hydrogens (tertiary/aromatic N) is 1. The van der Waals surface area contributed by atoms with Crippen molar-refractivity contribution in [1.29, 1.82) is 0 Å². The van der Waals surface area contributed by atoms with Crippen LogP contribution >= 0.6 is 0 Å². The van der Waals surface area contributed by atoms with Crippen molar-refractivity contribution in [1.82, 2.24) is 4.98 Å². The van der Waals surface area contributed by atoms with Gasteiger partial charge in [-0.25, -0.2) is 4.98 Å². The Kier molecular flexibility index (Phi) is 2.99. The third-order valence-electron chi connectivity index (χ3n) is 3.30. The summed E-state index contributed by atoms with van der Waals surface area (Å²) < 4.78 is 5.72. The molecule has 1 heterocycles. The van der Waals surface area contributed by atoms with Crippen molar-refractivity contribution in [2.24, 2.45) is 0 Å². The normalized spacial score (nSPS) is 12.4. The van der Waals surface area contributed by atoms with Crippen molar-refractivity contribution < 1.29 is 14.3 Å². The average molecular weight is 267 g/mol. The van der Waals surface area contributed by atoms with E-state index < -0.39 is 11.9 Å². The molecule has 0 aliphatic carbocycles. The highest BCUT2D eigenvalue weighted by atomic mass is 16.4. The topological polar surface area (TPSA) is 63.3 Å². The molecule has 3 rings (SSSR count). The third-order valence-corrected chi connectivity index (χ3v) is 3.30. The van der Waals surface area contributed by atoms with Gasteiger partial charge in [0, 0.05) is 5.56 Å². The number of carboxylic acids is 1. The maximum atomic E-state index is 11.0. The second kappa shape index (κ2) is 4.81. The van der Waals surface area contributed by atoms with Gasteiger partial charge in [0.05, 0.1) is 5.92 Å². The van der Waals surface area contributed by atoms with Crippen molar-refractivity contribution in [3.8, 4) is 11.5 Å². The highest BCUT2D eigenvalue weighted by Gasteiger charge is 2.16. The number of rotatable bonds is 3. The number of hydrogen-bond donors (Lipinski definition) is 1. The monoisotopic (exact) mass is 267 g/mol. The molecule has 0 aliphatic heterocycles. The number of carboxylic acid groups (broad SMARTS) is 1. The maximum Gasteiger partial charge on any atom is 0.310 e. The molecule has 1 unspecified atom stereocenters. The van der Waals surface area contributed by atoms with Crippen molar-refractivity contribution in [3.05, 3.63) is 54.1 Å². The molecule has 0 radical (unpaired) electrons. The predicted molar refractivity (Wildman–Crippen MR) is 75.5 cm³/mol. The second-order valence-corrected chi connectivity index (χ2v) is 4.67. The SMILES string of the molecule is CC(C(=O)O)c1ccc2nc(-c3ccccc3)oc2c1. The number of fused-ring (bicyclic) bond motifs is 1. The summed E-state index contributed by atoms with van der Waals surface area (Å²) in [5.74, 6) is -0.877. The van der Waals surface area contributed by atoms with Crippen molar-refractivity contribution >= 4 is 17.1 Å². The standard InChI is InChI=1S/C16H13NO3/c1-10(16(18)19)12-7-8-13-14(9-12)20-15(17-13)11-5-3-2-4-6-11/h2-10H,1H3,(H,18,19). The summed E-state index contributed by atoms with van der Waals surface area (Å²) in [5.41, 5.74) is 2.94. The van der Waals surface area contributed by atoms with Gasteiger partial charge in [-0.05, 0) is 36.8 Å². The first kappa shape index (κ1) is 12.4. The molecule has 0 spiro atoms. The van der Waals surface area contributed by atoms with Gasteiger partial charge in [-0.1, -0.05) is 24.3 Å². The number of hydrogen-bond acceptors (Lipinski definition) is 3. The molecule has 0 saturated carbocycles. The van der Waals surface area contributed by atoms with E-state index in [-0.39, 0.29) is 0 Å². The van der Waals surface area contributed by atoms with Crippen LogP contribution in [0.25, 0.3) is 22.6 Å². The minimum absolute atomic E-state index is 0.542. The summed E-state index contributed by atoms with van der Waals surface area (Å²) in [4.78, 5) is 15.4. The van der Waals surface area contributed by atoms with Gasteiger partial charge in [0.1, 0.15) is 5.52 Å². The second-order valence-electron chi connectivity index (χ2n) is 4.67. The van der Waals surface area contributed by atoms with Gasteiger partial charge in [-0.15, -0.1) is 0 Å². The van der Waals surface area contributed by atoms with Crippen LogP contribution in [0.2, 0.25) is 0 Å². The lowest BCUT2D eigenvalue weighted by atomic mass is 10.0. The van der Waals surface area contributed by atoms with Crippen LogP contribution in [-0.4, -0.2) is 16.1 Å². The lowest BCUT2D eigenvalue weighted by molar-refractivity contribution is -0.138. The number of aromatic nitrogens is 1. The summed E-state index contributed by atoms with van der Waals surface area (Å²) in [7, 11) is 0. The van der Waals surface area contributed by atoms with E-state index in [4.69, 9.17) is 9.52 Å². The Hall–Kier alpha value is -2.62. The lowest BCUT2D eigenvalue weighted by Crippen LogP contribution is -2.06. The van der Waals surface area contributed by atoms with E-state index in [1.54, 1.807) is 25.1 Å². The van der Waals surface area contributed by atoms with Gasteiger partial charge in [0.25, 0.3) is 0 Å². The molecule has 1 aromatic heterocycles. The highest BCUT2D eigenvalue weighted by molar-refractivity contribution is 5.81. The molecule has 20 heavy (non-hydrogen) atoms. The van der Waals surface area contributed by atoms with Gasteiger partial charge in [-0.2, -0.15) is 0 Å². The Bertz CT molecular complexity index is 762. The van der Waals surface area contributed by atoms with Crippen LogP contribution in [0, 0.1) is 0 Å². The smallest absolute Gasteiger partial charge is 0.310 e. The molecule has 2 aromatic carbocycles. The average Bonchev–Trinajstić information content (AvgIpc) is 2.90. The fourth-order valence-corrected chi connectivity index (χ4v) is 2.06. The summed E-state index contributed by atoms with van der Waals surface area (Å²) in [5, 5.41) is 9.04. The first-order valence-electron chi connectivity index (χ1n) is 6.34.